The number of aromatic nitrogens is 2. The lowest BCUT2D eigenvalue weighted by atomic mass is 9.67. The Balaban J connectivity index is 1.06. The average molecular weight is 624 g/mol. The fourth-order valence-corrected chi connectivity index (χ4v) is 7.00. The van der Waals surface area contributed by atoms with Crippen LogP contribution in [0.2, 0.25) is 0 Å². The predicted octanol–water partition coefficient (Wildman–Crippen LogP) is 7.91. The molecule has 0 radical (unpaired) electrons. The van der Waals surface area contributed by atoms with Gasteiger partial charge in [-0.05, 0) is 87.5 Å². The Morgan fingerprint density at radius 1 is 1.10 bits per heavy atom. The summed E-state index contributed by atoms with van der Waals surface area (Å²) < 4.78 is 12.9. The molecule has 1 heterocycles. The van der Waals surface area contributed by atoms with Gasteiger partial charge in [0.15, 0.2) is 11.5 Å². The molecule has 7 nitrogen and oxygen atoms in total. The Labute approximate surface area is 252 Å². The molecule has 1 atom stereocenters. The molecule has 2 aromatic carbocycles. The number of hydrogen-bond acceptors (Lipinski definition) is 6. The van der Waals surface area contributed by atoms with E-state index in [0.29, 0.717) is 29.3 Å². The number of carbonyl (C=O) groups excluding carboxylic acids is 1. The third-order valence-electron chi connectivity index (χ3n) is 8.76. The van der Waals surface area contributed by atoms with Crippen LogP contribution in [0.25, 0.3) is 10.9 Å². The van der Waals surface area contributed by atoms with Crippen LogP contribution < -0.4 is 20.1 Å². The number of unbranched alkanes of at least 4 members (excludes halogenated alkanes) is 4. The summed E-state index contributed by atoms with van der Waals surface area (Å²) in [7, 11) is 1.66. The molecule has 1 aromatic heterocycles. The number of ether oxygens (including phenoxy) is 2. The number of anilines is 1. The van der Waals surface area contributed by atoms with Crippen molar-refractivity contribution in [3.8, 4) is 11.5 Å². The topological polar surface area (TPSA) is 85.4 Å². The van der Waals surface area contributed by atoms with Gasteiger partial charge in [-0.25, -0.2) is 9.97 Å². The highest BCUT2D eigenvalue weighted by molar-refractivity contribution is 9.10. The zero-order valence-electron chi connectivity index (χ0n) is 24.6. The molecule has 3 aliphatic rings. The van der Waals surface area contributed by atoms with Gasteiger partial charge in [-0.2, -0.15) is 0 Å². The van der Waals surface area contributed by atoms with Gasteiger partial charge in [-0.3, -0.25) is 4.79 Å². The molecule has 8 heteroatoms. The second-order valence-electron chi connectivity index (χ2n) is 12.0. The Morgan fingerprint density at radius 3 is 2.66 bits per heavy atom. The summed E-state index contributed by atoms with van der Waals surface area (Å²) in [6.07, 6.45) is 11.3. The highest BCUT2D eigenvalue weighted by Crippen LogP contribution is 2.60. The van der Waals surface area contributed by atoms with Crippen LogP contribution in [-0.4, -0.2) is 36.1 Å². The molecule has 3 aromatic rings. The van der Waals surface area contributed by atoms with Crippen molar-refractivity contribution in [1.29, 1.82) is 0 Å². The number of carbonyl (C=O) groups is 1. The smallest absolute Gasteiger partial charge is 0.220 e. The van der Waals surface area contributed by atoms with E-state index in [-0.39, 0.29) is 11.9 Å². The summed E-state index contributed by atoms with van der Waals surface area (Å²) in [6, 6.07) is 12.2. The molecule has 3 saturated carbocycles. The van der Waals surface area contributed by atoms with Crippen molar-refractivity contribution in [3.05, 3.63) is 52.3 Å². The summed E-state index contributed by atoms with van der Waals surface area (Å²) in [5.74, 6) is 4.02. The Bertz CT molecular complexity index is 1350. The van der Waals surface area contributed by atoms with E-state index in [4.69, 9.17) is 14.5 Å². The van der Waals surface area contributed by atoms with Crippen LogP contribution in [0.15, 0.2) is 40.9 Å². The molecule has 41 heavy (non-hydrogen) atoms. The van der Waals surface area contributed by atoms with E-state index in [9.17, 15) is 4.79 Å². The first kappa shape index (κ1) is 29.6. The predicted molar refractivity (Wildman–Crippen MR) is 168 cm³/mol. The minimum absolute atomic E-state index is 0.0605. The standard InChI is InChI=1S/C33H43BrN4O3/c1-22(25-10-9-11-26(34)16-25)36-32-27-17-29(40-3)30(18-28(27)37-23(2)38-32)41-15-8-6-4-5-7-14-35-31(39)21-33-13-12-24(19-33)20-33/h9-11,16-18,22,24H,4-8,12-15,19-21H2,1-3H3,(H,35,39)(H,36,37,38)/t22-,24?,33?/m1/s1. The van der Waals surface area contributed by atoms with Crippen LogP contribution in [0.5, 0.6) is 11.5 Å². The van der Waals surface area contributed by atoms with Crippen LogP contribution in [0.4, 0.5) is 5.82 Å². The normalized spacial score (nSPS) is 20.0. The number of fused-ring (bicyclic) bond motifs is 2. The summed E-state index contributed by atoms with van der Waals surface area (Å²) in [6.45, 7) is 5.44. The molecule has 3 fully saturated rings. The summed E-state index contributed by atoms with van der Waals surface area (Å²) in [5, 5.41) is 7.60. The van der Waals surface area contributed by atoms with E-state index in [1.165, 1.54) is 25.7 Å². The first-order valence-corrected chi connectivity index (χ1v) is 15.9. The van der Waals surface area contributed by atoms with E-state index in [2.05, 4.69) is 50.6 Å². The fraction of sp³-hybridized carbons (Fsp3) is 0.545. The van der Waals surface area contributed by atoms with Gasteiger partial charge in [-0.15, -0.1) is 0 Å². The Hall–Kier alpha value is -2.87. The Kier molecular flexibility index (Phi) is 9.68. The van der Waals surface area contributed by atoms with Crippen molar-refractivity contribution in [1.82, 2.24) is 15.3 Å². The van der Waals surface area contributed by atoms with Crippen molar-refractivity contribution >= 4 is 38.6 Å². The van der Waals surface area contributed by atoms with E-state index < -0.39 is 0 Å². The highest BCUT2D eigenvalue weighted by atomic mass is 79.9. The van der Waals surface area contributed by atoms with E-state index >= 15 is 0 Å². The molecule has 6 rings (SSSR count). The van der Waals surface area contributed by atoms with Crippen molar-refractivity contribution in [2.75, 3.05) is 25.6 Å². The number of halogens is 1. The first-order chi connectivity index (χ1) is 19.8. The minimum atomic E-state index is 0.0605. The highest BCUT2D eigenvalue weighted by Gasteiger charge is 2.50. The molecule has 2 N–H and O–H groups in total. The molecule has 0 unspecified atom stereocenters. The van der Waals surface area contributed by atoms with E-state index in [0.717, 1.165) is 77.7 Å². The lowest BCUT2D eigenvalue weighted by molar-refractivity contribution is -0.124. The van der Waals surface area contributed by atoms with Crippen LogP contribution in [-0.2, 0) is 4.79 Å². The van der Waals surface area contributed by atoms with Gasteiger partial charge in [0.2, 0.25) is 5.91 Å². The molecule has 1 amide bonds. The molecular weight excluding hydrogens is 580 g/mol. The first-order valence-electron chi connectivity index (χ1n) is 15.1. The monoisotopic (exact) mass is 622 g/mol. The summed E-state index contributed by atoms with van der Waals surface area (Å²) in [5.41, 5.74) is 2.35. The van der Waals surface area contributed by atoms with Gasteiger partial charge in [0.1, 0.15) is 11.6 Å². The number of nitrogens with one attached hydrogen (secondary N) is 2. The third-order valence-corrected chi connectivity index (χ3v) is 9.25. The number of hydrogen-bond donors (Lipinski definition) is 2. The lowest BCUT2D eigenvalue weighted by Crippen LogP contribution is -2.35. The van der Waals surface area contributed by atoms with Crippen molar-refractivity contribution in [3.63, 3.8) is 0 Å². The maximum Gasteiger partial charge on any atom is 0.220 e. The molecule has 220 valence electrons. The molecule has 0 saturated heterocycles. The van der Waals surface area contributed by atoms with Gasteiger partial charge in [-0.1, -0.05) is 47.3 Å². The van der Waals surface area contributed by atoms with Gasteiger partial charge in [0.25, 0.3) is 0 Å². The second kappa shape index (κ2) is 13.4. The van der Waals surface area contributed by atoms with Crippen LogP contribution in [0, 0.1) is 18.3 Å². The average Bonchev–Trinajstić information content (AvgIpc) is 3.52. The van der Waals surface area contributed by atoms with Crippen molar-refractivity contribution < 1.29 is 14.3 Å². The van der Waals surface area contributed by atoms with Crippen LogP contribution in [0.3, 0.4) is 0 Å². The van der Waals surface area contributed by atoms with E-state index in [1.54, 1.807) is 7.11 Å². The number of rotatable bonds is 15. The van der Waals surface area contributed by atoms with Crippen molar-refractivity contribution in [2.45, 2.75) is 84.1 Å². The van der Waals surface area contributed by atoms with E-state index in [1.807, 2.05) is 31.2 Å². The van der Waals surface area contributed by atoms with Gasteiger partial charge < -0.3 is 20.1 Å². The van der Waals surface area contributed by atoms with Gasteiger partial charge in [0, 0.05) is 28.9 Å². The number of amides is 1. The molecular formula is C33H43BrN4O3. The van der Waals surface area contributed by atoms with Gasteiger partial charge in [0.05, 0.1) is 25.3 Å². The largest absolute Gasteiger partial charge is 0.493 e. The molecule has 0 spiro atoms. The van der Waals surface area contributed by atoms with Crippen molar-refractivity contribution in [2.24, 2.45) is 11.3 Å². The number of aryl methyl sites for hydroxylation is 1. The fourth-order valence-electron chi connectivity index (χ4n) is 6.59. The maximum absolute atomic E-state index is 12.3. The van der Waals surface area contributed by atoms with Crippen LogP contribution >= 0.6 is 15.9 Å². The molecule has 0 aliphatic heterocycles. The SMILES string of the molecule is COc1cc2c(N[C@H](C)c3cccc(Br)c3)nc(C)nc2cc1OCCCCCCCNC(=O)CC12CCC(C1)C2. The summed E-state index contributed by atoms with van der Waals surface area (Å²) in [4.78, 5) is 21.6. The van der Waals surface area contributed by atoms with Crippen LogP contribution in [0.1, 0.15) is 88.6 Å². The van der Waals surface area contributed by atoms with Gasteiger partial charge >= 0.3 is 0 Å². The zero-order valence-corrected chi connectivity index (χ0v) is 26.2. The summed E-state index contributed by atoms with van der Waals surface area (Å²) >= 11 is 3.56. The third kappa shape index (κ3) is 7.51. The second-order valence-corrected chi connectivity index (χ2v) is 12.9. The zero-order chi connectivity index (χ0) is 28.8. The quantitative estimate of drug-likeness (QED) is 0.168. The Morgan fingerprint density at radius 2 is 1.90 bits per heavy atom. The maximum atomic E-state index is 12.3. The molecule has 2 bridgehead atoms. The lowest BCUT2D eigenvalue weighted by Gasteiger charge is -2.37. The minimum Gasteiger partial charge on any atom is -0.493 e. The number of benzene rings is 2. The number of methoxy groups -OCH3 is 1. The number of nitrogens with zero attached hydrogens (tertiary/aromatic N) is 2. The molecule has 3 aliphatic carbocycles.